The highest BCUT2D eigenvalue weighted by Crippen LogP contribution is 2.29. The standard InChI is InChI=1S/C11H8O7/c12-7(8(13)9(14)15)4-2-1-3-5-6(4)11(17)18-10(5)16/h1-3,7-8,12-13H,(H,14,15). The summed E-state index contributed by atoms with van der Waals surface area (Å²) in [5, 5.41) is 27.5. The topological polar surface area (TPSA) is 121 Å². The summed E-state index contributed by atoms with van der Waals surface area (Å²) in [5.41, 5.74) is -0.428. The van der Waals surface area contributed by atoms with E-state index in [0.29, 0.717) is 0 Å². The van der Waals surface area contributed by atoms with E-state index in [1.54, 1.807) is 0 Å². The van der Waals surface area contributed by atoms with E-state index in [1.807, 2.05) is 0 Å². The number of carboxylic acids is 1. The van der Waals surface area contributed by atoms with Crippen molar-refractivity contribution in [3.8, 4) is 0 Å². The summed E-state index contributed by atoms with van der Waals surface area (Å²) in [7, 11) is 0. The van der Waals surface area contributed by atoms with Crippen LogP contribution in [0, 0.1) is 0 Å². The highest BCUT2D eigenvalue weighted by Gasteiger charge is 2.36. The van der Waals surface area contributed by atoms with E-state index in [1.165, 1.54) is 18.2 Å². The molecule has 0 bridgehead atoms. The van der Waals surface area contributed by atoms with E-state index in [0.717, 1.165) is 0 Å². The van der Waals surface area contributed by atoms with Gasteiger partial charge in [0.15, 0.2) is 6.10 Å². The lowest BCUT2D eigenvalue weighted by atomic mass is 9.96. The molecule has 7 nitrogen and oxygen atoms in total. The molecule has 1 aliphatic rings. The van der Waals surface area contributed by atoms with Gasteiger partial charge in [0.25, 0.3) is 0 Å². The van der Waals surface area contributed by atoms with Crippen molar-refractivity contribution in [2.75, 3.05) is 0 Å². The number of fused-ring (bicyclic) bond motifs is 1. The molecular formula is C11H8O7. The van der Waals surface area contributed by atoms with Crippen molar-refractivity contribution in [1.29, 1.82) is 0 Å². The number of cyclic esters (lactones) is 2. The zero-order valence-electron chi connectivity index (χ0n) is 8.86. The van der Waals surface area contributed by atoms with Gasteiger partial charge < -0.3 is 20.1 Å². The van der Waals surface area contributed by atoms with E-state index < -0.39 is 30.1 Å². The Morgan fingerprint density at radius 3 is 2.44 bits per heavy atom. The summed E-state index contributed by atoms with van der Waals surface area (Å²) in [6.07, 6.45) is -3.92. The summed E-state index contributed by atoms with van der Waals surface area (Å²) in [6, 6.07) is 3.91. The van der Waals surface area contributed by atoms with Crippen LogP contribution < -0.4 is 0 Å². The lowest BCUT2D eigenvalue weighted by Gasteiger charge is -2.15. The summed E-state index contributed by atoms with van der Waals surface area (Å²) < 4.78 is 4.34. The molecule has 0 aliphatic carbocycles. The van der Waals surface area contributed by atoms with Crippen molar-refractivity contribution >= 4 is 17.9 Å². The van der Waals surface area contributed by atoms with Crippen molar-refractivity contribution in [3.05, 3.63) is 34.9 Å². The Balaban J connectivity index is 2.51. The molecule has 7 heteroatoms. The van der Waals surface area contributed by atoms with Gasteiger partial charge in [-0.1, -0.05) is 12.1 Å². The van der Waals surface area contributed by atoms with E-state index in [2.05, 4.69) is 4.74 Å². The highest BCUT2D eigenvalue weighted by atomic mass is 16.6. The minimum atomic E-state index is -2.10. The number of carbonyl (C=O) groups is 3. The smallest absolute Gasteiger partial charge is 0.347 e. The largest absolute Gasteiger partial charge is 0.479 e. The Hall–Kier alpha value is -2.25. The first kappa shape index (κ1) is 12.2. The van der Waals surface area contributed by atoms with E-state index in [-0.39, 0.29) is 16.7 Å². The Labute approximate surface area is 100 Å². The zero-order valence-corrected chi connectivity index (χ0v) is 8.86. The maximum absolute atomic E-state index is 11.4. The fourth-order valence-electron chi connectivity index (χ4n) is 1.71. The van der Waals surface area contributed by atoms with Crippen LogP contribution in [0.1, 0.15) is 32.4 Å². The minimum Gasteiger partial charge on any atom is -0.479 e. The molecule has 3 N–H and O–H groups in total. The van der Waals surface area contributed by atoms with Gasteiger partial charge in [0, 0.05) is 0 Å². The van der Waals surface area contributed by atoms with E-state index >= 15 is 0 Å². The molecule has 2 rings (SSSR count). The first-order chi connectivity index (χ1) is 8.43. The van der Waals surface area contributed by atoms with Crippen LogP contribution in [0.3, 0.4) is 0 Å². The number of rotatable bonds is 3. The van der Waals surface area contributed by atoms with Gasteiger partial charge in [-0.2, -0.15) is 0 Å². The third-order valence-electron chi connectivity index (χ3n) is 2.58. The predicted molar refractivity (Wildman–Crippen MR) is 54.8 cm³/mol. The molecule has 0 fully saturated rings. The number of ether oxygens (including phenoxy) is 1. The quantitative estimate of drug-likeness (QED) is 0.488. The second kappa shape index (κ2) is 4.21. The van der Waals surface area contributed by atoms with Crippen molar-refractivity contribution in [1.82, 2.24) is 0 Å². The van der Waals surface area contributed by atoms with Gasteiger partial charge in [-0.05, 0) is 11.6 Å². The van der Waals surface area contributed by atoms with Gasteiger partial charge in [-0.25, -0.2) is 14.4 Å². The third kappa shape index (κ3) is 1.75. The summed E-state index contributed by atoms with van der Waals surface area (Å²) in [4.78, 5) is 33.2. The number of hydrogen-bond acceptors (Lipinski definition) is 6. The molecule has 1 heterocycles. The van der Waals surface area contributed by atoms with Gasteiger partial charge >= 0.3 is 17.9 Å². The molecule has 0 saturated heterocycles. The second-order valence-electron chi connectivity index (χ2n) is 3.67. The molecule has 2 atom stereocenters. The number of benzene rings is 1. The fraction of sp³-hybridized carbons (Fsp3) is 0.182. The van der Waals surface area contributed by atoms with Crippen molar-refractivity contribution < 1.29 is 34.4 Å². The van der Waals surface area contributed by atoms with Crippen LogP contribution in [0.25, 0.3) is 0 Å². The molecule has 0 aromatic heterocycles. The monoisotopic (exact) mass is 252 g/mol. The molecule has 1 aliphatic heterocycles. The van der Waals surface area contributed by atoms with E-state index in [4.69, 9.17) is 5.11 Å². The van der Waals surface area contributed by atoms with Gasteiger partial charge in [0.1, 0.15) is 6.10 Å². The normalized spacial score (nSPS) is 17.0. The number of hydrogen-bond donors (Lipinski definition) is 3. The number of carboxylic acid groups (broad SMARTS) is 1. The summed E-state index contributed by atoms with van der Waals surface area (Å²) in [5.74, 6) is -3.48. The van der Waals surface area contributed by atoms with Crippen LogP contribution in [0.2, 0.25) is 0 Å². The molecule has 94 valence electrons. The van der Waals surface area contributed by atoms with Gasteiger partial charge in [-0.15, -0.1) is 0 Å². The molecule has 1 aromatic carbocycles. The number of carbonyl (C=O) groups excluding carboxylic acids is 2. The molecule has 0 spiro atoms. The molecule has 0 amide bonds. The average molecular weight is 252 g/mol. The average Bonchev–Trinajstić information content (AvgIpc) is 2.63. The maximum atomic E-state index is 11.4. The summed E-state index contributed by atoms with van der Waals surface area (Å²) >= 11 is 0. The van der Waals surface area contributed by atoms with Crippen molar-refractivity contribution in [3.63, 3.8) is 0 Å². The molecule has 18 heavy (non-hydrogen) atoms. The Kier molecular flexibility index (Phi) is 2.85. The second-order valence-corrected chi connectivity index (χ2v) is 3.67. The van der Waals surface area contributed by atoms with Crippen LogP contribution in [-0.4, -0.2) is 39.3 Å². The van der Waals surface area contributed by atoms with E-state index in [9.17, 15) is 24.6 Å². The number of aliphatic hydroxyl groups excluding tert-OH is 2. The third-order valence-corrected chi connectivity index (χ3v) is 2.58. The first-order valence-corrected chi connectivity index (χ1v) is 4.92. The van der Waals surface area contributed by atoms with Crippen LogP contribution in [0.15, 0.2) is 18.2 Å². The van der Waals surface area contributed by atoms with Crippen molar-refractivity contribution in [2.24, 2.45) is 0 Å². The van der Waals surface area contributed by atoms with Gasteiger partial charge in [-0.3, -0.25) is 0 Å². The lowest BCUT2D eigenvalue weighted by Crippen LogP contribution is -2.28. The Morgan fingerprint density at radius 2 is 1.83 bits per heavy atom. The minimum absolute atomic E-state index is 0.0610. The van der Waals surface area contributed by atoms with Gasteiger partial charge in [0.05, 0.1) is 11.1 Å². The number of esters is 2. The molecule has 2 unspecified atom stereocenters. The molecule has 0 radical (unpaired) electrons. The zero-order chi connectivity index (χ0) is 13.4. The van der Waals surface area contributed by atoms with Crippen molar-refractivity contribution in [2.45, 2.75) is 12.2 Å². The fourth-order valence-corrected chi connectivity index (χ4v) is 1.71. The highest BCUT2D eigenvalue weighted by molar-refractivity contribution is 6.15. The number of aliphatic hydroxyl groups is 2. The maximum Gasteiger partial charge on any atom is 0.347 e. The number of aliphatic carboxylic acids is 1. The van der Waals surface area contributed by atoms with Crippen LogP contribution in [-0.2, 0) is 9.53 Å². The van der Waals surface area contributed by atoms with Crippen LogP contribution in [0.5, 0.6) is 0 Å². The molecular weight excluding hydrogens is 244 g/mol. The van der Waals surface area contributed by atoms with Crippen LogP contribution >= 0.6 is 0 Å². The van der Waals surface area contributed by atoms with Crippen LogP contribution in [0.4, 0.5) is 0 Å². The lowest BCUT2D eigenvalue weighted by molar-refractivity contribution is -0.153. The Morgan fingerprint density at radius 1 is 1.17 bits per heavy atom. The molecule has 1 aromatic rings. The van der Waals surface area contributed by atoms with Gasteiger partial charge in [0.2, 0.25) is 0 Å². The first-order valence-electron chi connectivity index (χ1n) is 4.92. The Bertz CT molecular complexity index is 548. The predicted octanol–water partition coefficient (Wildman–Crippen LogP) is -0.524. The SMILES string of the molecule is O=C1OC(=O)c2c1cccc2C(O)C(O)C(=O)O. The summed E-state index contributed by atoms with van der Waals surface area (Å²) in [6.45, 7) is 0. The molecule has 0 saturated carbocycles.